The van der Waals surface area contributed by atoms with E-state index in [9.17, 15) is 14.4 Å². The number of hydrogen-bond acceptors (Lipinski definition) is 3. The highest BCUT2D eigenvalue weighted by atomic mass is 16.2. The molecule has 0 radical (unpaired) electrons. The third kappa shape index (κ3) is 2.24. The third-order valence-electron chi connectivity index (χ3n) is 4.28. The third-order valence-corrected chi connectivity index (χ3v) is 4.28. The molecule has 1 fully saturated rings. The van der Waals surface area contributed by atoms with Crippen molar-refractivity contribution in [2.45, 2.75) is 18.9 Å². The fraction of sp³-hybridized carbons (Fsp3) is 0.438. The molecule has 6 heteroatoms. The van der Waals surface area contributed by atoms with Crippen LogP contribution in [0.3, 0.4) is 0 Å². The lowest BCUT2D eigenvalue weighted by Crippen LogP contribution is -2.47. The predicted octanol–water partition coefficient (Wildman–Crippen LogP) is 0.726. The van der Waals surface area contributed by atoms with Crippen molar-refractivity contribution in [2.24, 2.45) is 0 Å². The number of carbonyl (C=O) groups excluding carboxylic acids is 3. The number of anilines is 1. The quantitative estimate of drug-likeness (QED) is 0.809. The van der Waals surface area contributed by atoms with Crippen LogP contribution < -0.4 is 4.90 Å². The van der Waals surface area contributed by atoms with E-state index in [1.54, 1.807) is 43.3 Å². The Morgan fingerprint density at radius 3 is 2.73 bits per heavy atom. The van der Waals surface area contributed by atoms with Crippen molar-refractivity contribution < 1.29 is 14.4 Å². The second-order valence-corrected chi connectivity index (χ2v) is 5.89. The zero-order valence-corrected chi connectivity index (χ0v) is 12.8. The van der Waals surface area contributed by atoms with Crippen LogP contribution in [0.2, 0.25) is 0 Å². The molecular weight excluding hydrogens is 282 g/mol. The molecule has 1 saturated heterocycles. The largest absolute Gasteiger partial charge is 0.347 e. The van der Waals surface area contributed by atoms with E-state index in [1.807, 2.05) is 0 Å². The molecule has 0 spiro atoms. The van der Waals surface area contributed by atoms with Crippen molar-refractivity contribution >= 4 is 23.4 Å². The second-order valence-electron chi connectivity index (χ2n) is 5.89. The molecule has 6 nitrogen and oxygen atoms in total. The standard InChI is InChI=1S/C16H19N3O3/c1-17(2)14(20)10-19-12-7-4-3-6-11(12)15(21)18-9-5-8-13(18)16(19)22/h3-4,6-7,13H,5,8-10H2,1-2H3/t13-/m0/s1. The van der Waals surface area contributed by atoms with E-state index in [0.717, 1.165) is 6.42 Å². The minimum Gasteiger partial charge on any atom is -0.347 e. The van der Waals surface area contributed by atoms with Gasteiger partial charge < -0.3 is 14.7 Å². The molecule has 0 saturated carbocycles. The summed E-state index contributed by atoms with van der Waals surface area (Å²) in [7, 11) is 3.31. The summed E-state index contributed by atoms with van der Waals surface area (Å²) in [6.07, 6.45) is 1.48. The van der Waals surface area contributed by atoms with Crippen LogP contribution in [-0.2, 0) is 9.59 Å². The first-order valence-corrected chi connectivity index (χ1v) is 7.42. The highest BCUT2D eigenvalue weighted by molar-refractivity contribution is 6.12. The van der Waals surface area contributed by atoms with Gasteiger partial charge in [-0.15, -0.1) is 0 Å². The summed E-state index contributed by atoms with van der Waals surface area (Å²) >= 11 is 0. The molecular formula is C16H19N3O3. The zero-order valence-electron chi connectivity index (χ0n) is 12.8. The Bertz CT molecular complexity index is 641. The molecule has 1 aromatic rings. The lowest BCUT2D eigenvalue weighted by Gasteiger charge is -2.26. The Morgan fingerprint density at radius 1 is 1.27 bits per heavy atom. The normalized spacial score (nSPS) is 20.5. The molecule has 2 aliphatic rings. The van der Waals surface area contributed by atoms with Crippen LogP contribution in [0.4, 0.5) is 5.69 Å². The molecule has 0 aliphatic carbocycles. The Morgan fingerprint density at radius 2 is 2.00 bits per heavy atom. The van der Waals surface area contributed by atoms with Gasteiger partial charge in [-0.2, -0.15) is 0 Å². The number of benzene rings is 1. The van der Waals surface area contributed by atoms with Gasteiger partial charge in [0.25, 0.3) is 5.91 Å². The van der Waals surface area contributed by atoms with Crippen LogP contribution in [-0.4, -0.2) is 60.7 Å². The predicted molar refractivity (Wildman–Crippen MR) is 81.5 cm³/mol. The Balaban J connectivity index is 2.06. The summed E-state index contributed by atoms with van der Waals surface area (Å²) in [6, 6.07) is 6.57. The van der Waals surface area contributed by atoms with E-state index >= 15 is 0 Å². The Kier molecular flexibility index (Phi) is 3.60. The minimum atomic E-state index is -0.449. The van der Waals surface area contributed by atoms with Crippen LogP contribution in [0.5, 0.6) is 0 Å². The molecule has 3 rings (SSSR count). The first-order valence-electron chi connectivity index (χ1n) is 7.42. The molecule has 1 atom stereocenters. The molecule has 22 heavy (non-hydrogen) atoms. The monoisotopic (exact) mass is 301 g/mol. The Hall–Kier alpha value is -2.37. The van der Waals surface area contributed by atoms with Crippen molar-refractivity contribution in [3.05, 3.63) is 29.8 Å². The van der Waals surface area contributed by atoms with Crippen LogP contribution in [0, 0.1) is 0 Å². The number of nitrogens with zero attached hydrogens (tertiary/aromatic N) is 3. The van der Waals surface area contributed by atoms with E-state index in [2.05, 4.69) is 0 Å². The molecule has 0 N–H and O–H groups in total. The van der Waals surface area contributed by atoms with Crippen molar-refractivity contribution in [3.8, 4) is 0 Å². The summed E-state index contributed by atoms with van der Waals surface area (Å²) in [5.74, 6) is -0.445. The van der Waals surface area contributed by atoms with Crippen LogP contribution in [0.25, 0.3) is 0 Å². The van der Waals surface area contributed by atoms with Gasteiger partial charge >= 0.3 is 0 Å². The minimum absolute atomic E-state index is 0.0412. The molecule has 116 valence electrons. The SMILES string of the molecule is CN(C)C(=O)CN1C(=O)[C@@H]2CCCN2C(=O)c2ccccc21. The number of rotatable bonds is 2. The average molecular weight is 301 g/mol. The molecule has 3 amide bonds. The maximum Gasteiger partial charge on any atom is 0.256 e. The van der Waals surface area contributed by atoms with E-state index in [1.165, 1.54) is 9.80 Å². The number of fused-ring (bicyclic) bond motifs is 2. The van der Waals surface area contributed by atoms with Gasteiger partial charge in [-0.3, -0.25) is 14.4 Å². The second kappa shape index (κ2) is 5.44. The molecule has 1 aromatic carbocycles. The summed E-state index contributed by atoms with van der Waals surface area (Å²) in [5.41, 5.74) is 1.02. The maximum atomic E-state index is 12.9. The van der Waals surface area contributed by atoms with Gasteiger partial charge in [0.2, 0.25) is 11.8 Å². The van der Waals surface area contributed by atoms with Crippen molar-refractivity contribution in [1.29, 1.82) is 0 Å². The highest BCUT2D eigenvalue weighted by Crippen LogP contribution is 2.32. The van der Waals surface area contributed by atoms with Crippen molar-refractivity contribution in [1.82, 2.24) is 9.80 Å². The smallest absolute Gasteiger partial charge is 0.256 e. The number of amides is 3. The fourth-order valence-electron chi connectivity index (χ4n) is 3.05. The molecule has 0 unspecified atom stereocenters. The fourth-order valence-corrected chi connectivity index (χ4v) is 3.05. The van der Waals surface area contributed by atoms with Gasteiger partial charge in [-0.25, -0.2) is 0 Å². The van der Waals surface area contributed by atoms with Gasteiger partial charge in [-0.1, -0.05) is 12.1 Å². The first-order chi connectivity index (χ1) is 10.5. The van der Waals surface area contributed by atoms with E-state index in [0.29, 0.717) is 24.2 Å². The average Bonchev–Trinajstić information content (AvgIpc) is 2.97. The van der Waals surface area contributed by atoms with E-state index < -0.39 is 6.04 Å². The molecule has 0 bridgehead atoms. The molecule has 2 aliphatic heterocycles. The number of para-hydroxylation sites is 1. The van der Waals surface area contributed by atoms with E-state index in [-0.39, 0.29) is 24.3 Å². The van der Waals surface area contributed by atoms with Gasteiger partial charge in [0, 0.05) is 20.6 Å². The lowest BCUT2D eigenvalue weighted by atomic mass is 10.1. The summed E-state index contributed by atoms with van der Waals surface area (Å²) < 4.78 is 0. The highest BCUT2D eigenvalue weighted by Gasteiger charge is 2.42. The number of likely N-dealkylation sites (N-methyl/N-ethyl adjacent to an activating group) is 1. The van der Waals surface area contributed by atoms with E-state index in [4.69, 9.17) is 0 Å². The summed E-state index contributed by atoms with van der Waals surface area (Å²) in [5, 5.41) is 0. The number of hydrogen-bond donors (Lipinski definition) is 0. The van der Waals surface area contributed by atoms with Crippen LogP contribution in [0.15, 0.2) is 24.3 Å². The topological polar surface area (TPSA) is 60.9 Å². The first kappa shape index (κ1) is 14.6. The summed E-state index contributed by atoms with van der Waals surface area (Å²) in [6.45, 7) is 0.555. The van der Waals surface area contributed by atoms with Crippen LogP contribution in [0.1, 0.15) is 23.2 Å². The Labute approximate surface area is 129 Å². The van der Waals surface area contributed by atoms with Crippen molar-refractivity contribution in [3.63, 3.8) is 0 Å². The van der Waals surface area contributed by atoms with Crippen LogP contribution >= 0.6 is 0 Å². The van der Waals surface area contributed by atoms with Gasteiger partial charge in [0.05, 0.1) is 11.3 Å². The number of carbonyl (C=O) groups is 3. The molecule has 2 heterocycles. The van der Waals surface area contributed by atoms with Gasteiger partial charge in [0.15, 0.2) is 0 Å². The van der Waals surface area contributed by atoms with Gasteiger partial charge in [-0.05, 0) is 25.0 Å². The molecule has 0 aromatic heterocycles. The summed E-state index contributed by atoms with van der Waals surface area (Å²) in [4.78, 5) is 42.2. The van der Waals surface area contributed by atoms with Crippen molar-refractivity contribution in [2.75, 3.05) is 32.1 Å². The maximum absolute atomic E-state index is 12.9. The van der Waals surface area contributed by atoms with Gasteiger partial charge in [0.1, 0.15) is 12.6 Å². The lowest BCUT2D eigenvalue weighted by molar-refractivity contribution is -0.130. The zero-order chi connectivity index (χ0) is 15.9.